The van der Waals surface area contributed by atoms with Gasteiger partial charge in [0.2, 0.25) is 0 Å². The number of nitrogens with one attached hydrogen (secondary N) is 2. The van der Waals surface area contributed by atoms with Crippen LogP contribution < -0.4 is 10.6 Å². The summed E-state index contributed by atoms with van der Waals surface area (Å²) in [5.41, 5.74) is 0.715. The van der Waals surface area contributed by atoms with Crippen LogP contribution in [0, 0.1) is 0 Å². The van der Waals surface area contributed by atoms with E-state index in [9.17, 15) is 9.59 Å². The molecule has 5 nitrogen and oxygen atoms in total. The summed E-state index contributed by atoms with van der Waals surface area (Å²) < 4.78 is 0. The highest BCUT2D eigenvalue weighted by molar-refractivity contribution is 5.76. The van der Waals surface area contributed by atoms with E-state index in [1.54, 1.807) is 0 Å². The molecule has 0 bridgehead atoms. The maximum absolute atomic E-state index is 12.0. The third-order valence-electron chi connectivity index (χ3n) is 3.75. The number of urea groups is 1. The van der Waals surface area contributed by atoms with Gasteiger partial charge < -0.3 is 15.7 Å². The topological polar surface area (TPSA) is 78.4 Å². The molecule has 2 atom stereocenters. The number of benzene rings is 1. The van der Waals surface area contributed by atoms with Crippen molar-refractivity contribution < 1.29 is 14.7 Å². The molecule has 2 amide bonds. The third kappa shape index (κ3) is 4.77. The third-order valence-corrected chi connectivity index (χ3v) is 3.75. The van der Waals surface area contributed by atoms with E-state index in [1.165, 1.54) is 5.56 Å². The molecular formula is C16H22N2O3. The summed E-state index contributed by atoms with van der Waals surface area (Å²) in [6, 6.07) is 10.1. The molecule has 0 aromatic heterocycles. The van der Waals surface area contributed by atoms with E-state index in [4.69, 9.17) is 5.11 Å². The fraction of sp³-hybridized carbons (Fsp3) is 0.500. The number of carboxylic acid groups (broad SMARTS) is 1. The van der Waals surface area contributed by atoms with Crippen LogP contribution in [0.1, 0.15) is 44.6 Å². The minimum Gasteiger partial charge on any atom is -0.481 e. The maximum Gasteiger partial charge on any atom is 0.315 e. The van der Waals surface area contributed by atoms with Gasteiger partial charge in [0.05, 0.1) is 0 Å². The molecule has 3 N–H and O–H groups in total. The van der Waals surface area contributed by atoms with E-state index in [-0.39, 0.29) is 18.5 Å². The molecule has 1 saturated carbocycles. The molecule has 5 heteroatoms. The van der Waals surface area contributed by atoms with Crippen molar-refractivity contribution in [3.05, 3.63) is 35.9 Å². The largest absolute Gasteiger partial charge is 0.481 e. The highest BCUT2D eigenvalue weighted by atomic mass is 16.4. The van der Waals surface area contributed by atoms with Gasteiger partial charge in [-0.05, 0) is 32.3 Å². The SMILES string of the molecule is CC(C)(CCC(=O)O)NC(=O)NC1CC1c1ccccc1. The van der Waals surface area contributed by atoms with Crippen LogP contribution in [0.5, 0.6) is 0 Å². The minimum atomic E-state index is -0.850. The first-order chi connectivity index (χ1) is 9.87. The Morgan fingerprint density at radius 3 is 2.57 bits per heavy atom. The van der Waals surface area contributed by atoms with Crippen molar-refractivity contribution in [3.8, 4) is 0 Å². The predicted octanol–water partition coefficient (Wildman–Crippen LogP) is 2.49. The number of hydrogen-bond donors (Lipinski definition) is 3. The Hall–Kier alpha value is -2.04. The summed E-state index contributed by atoms with van der Waals surface area (Å²) in [6.45, 7) is 3.66. The lowest BCUT2D eigenvalue weighted by atomic mass is 9.99. The molecule has 1 fully saturated rings. The molecular weight excluding hydrogens is 268 g/mol. The zero-order valence-corrected chi connectivity index (χ0v) is 12.4. The number of carbonyl (C=O) groups excluding carboxylic acids is 1. The molecule has 1 aliphatic carbocycles. The maximum atomic E-state index is 12.0. The van der Waals surface area contributed by atoms with Crippen molar-refractivity contribution in [1.82, 2.24) is 10.6 Å². The van der Waals surface area contributed by atoms with E-state index < -0.39 is 11.5 Å². The van der Waals surface area contributed by atoms with Gasteiger partial charge in [-0.25, -0.2) is 4.79 Å². The predicted molar refractivity (Wildman–Crippen MR) is 80.2 cm³/mol. The van der Waals surface area contributed by atoms with Gasteiger partial charge in [-0.3, -0.25) is 4.79 Å². The molecule has 2 unspecified atom stereocenters. The van der Waals surface area contributed by atoms with Crippen LogP contribution in [-0.2, 0) is 4.79 Å². The van der Waals surface area contributed by atoms with Crippen LogP contribution in [0.3, 0.4) is 0 Å². The second-order valence-corrected chi connectivity index (χ2v) is 6.24. The van der Waals surface area contributed by atoms with Gasteiger partial charge in [0, 0.05) is 23.9 Å². The van der Waals surface area contributed by atoms with Crippen LogP contribution in [0.2, 0.25) is 0 Å². The van der Waals surface area contributed by atoms with Crippen molar-refractivity contribution in [2.24, 2.45) is 0 Å². The van der Waals surface area contributed by atoms with Crippen molar-refractivity contribution in [2.75, 3.05) is 0 Å². The summed E-state index contributed by atoms with van der Waals surface area (Å²) >= 11 is 0. The Morgan fingerprint density at radius 2 is 1.95 bits per heavy atom. The summed E-state index contributed by atoms with van der Waals surface area (Å²) in [4.78, 5) is 22.6. The fourth-order valence-electron chi connectivity index (χ4n) is 2.42. The van der Waals surface area contributed by atoms with Gasteiger partial charge in [0.15, 0.2) is 0 Å². The molecule has 114 valence electrons. The van der Waals surface area contributed by atoms with Gasteiger partial charge in [-0.1, -0.05) is 30.3 Å². The Balaban J connectivity index is 1.77. The molecule has 2 rings (SSSR count). The average Bonchev–Trinajstić information content (AvgIpc) is 3.16. The quantitative estimate of drug-likeness (QED) is 0.753. The average molecular weight is 290 g/mol. The lowest BCUT2D eigenvalue weighted by Gasteiger charge is -2.25. The monoisotopic (exact) mass is 290 g/mol. The first kappa shape index (κ1) is 15.4. The van der Waals surface area contributed by atoms with Crippen molar-refractivity contribution in [1.29, 1.82) is 0 Å². The highest BCUT2D eigenvalue weighted by Gasteiger charge is 2.39. The molecule has 1 aromatic carbocycles. The Bertz CT molecular complexity index is 514. The normalized spacial score (nSPS) is 20.7. The van der Waals surface area contributed by atoms with Gasteiger partial charge in [-0.2, -0.15) is 0 Å². The van der Waals surface area contributed by atoms with Crippen LogP contribution >= 0.6 is 0 Å². The number of aliphatic carboxylic acids is 1. The van der Waals surface area contributed by atoms with Gasteiger partial charge in [-0.15, -0.1) is 0 Å². The smallest absolute Gasteiger partial charge is 0.315 e. The first-order valence-corrected chi connectivity index (χ1v) is 7.23. The number of rotatable bonds is 6. The number of carbonyl (C=O) groups is 2. The van der Waals surface area contributed by atoms with Gasteiger partial charge in [0.1, 0.15) is 0 Å². The van der Waals surface area contributed by atoms with E-state index in [0.717, 1.165) is 6.42 Å². The molecule has 0 aliphatic heterocycles. The standard InChI is InChI=1S/C16H22N2O3/c1-16(2,9-8-14(19)20)18-15(21)17-13-10-12(13)11-6-4-3-5-7-11/h3-7,12-13H,8-10H2,1-2H3,(H,19,20)(H2,17,18,21). The molecule has 21 heavy (non-hydrogen) atoms. The number of amides is 2. The zero-order chi connectivity index (χ0) is 15.5. The molecule has 0 heterocycles. The van der Waals surface area contributed by atoms with E-state index in [0.29, 0.717) is 12.3 Å². The molecule has 1 aliphatic rings. The van der Waals surface area contributed by atoms with Crippen LogP contribution in [0.4, 0.5) is 4.79 Å². The second-order valence-electron chi connectivity index (χ2n) is 6.24. The van der Waals surface area contributed by atoms with Crippen LogP contribution in [-0.4, -0.2) is 28.7 Å². The first-order valence-electron chi connectivity index (χ1n) is 7.23. The summed E-state index contributed by atoms with van der Waals surface area (Å²) in [5.74, 6) is -0.462. The lowest BCUT2D eigenvalue weighted by Crippen LogP contribution is -2.49. The van der Waals surface area contributed by atoms with Crippen LogP contribution in [0.25, 0.3) is 0 Å². The van der Waals surface area contributed by atoms with Crippen molar-refractivity contribution in [3.63, 3.8) is 0 Å². The van der Waals surface area contributed by atoms with E-state index in [2.05, 4.69) is 22.8 Å². The Kier molecular flexibility index (Phi) is 4.50. The summed E-state index contributed by atoms with van der Waals surface area (Å²) in [5, 5.41) is 14.5. The number of hydrogen-bond acceptors (Lipinski definition) is 2. The van der Waals surface area contributed by atoms with E-state index >= 15 is 0 Å². The van der Waals surface area contributed by atoms with Crippen molar-refractivity contribution >= 4 is 12.0 Å². The molecule has 1 aromatic rings. The lowest BCUT2D eigenvalue weighted by molar-refractivity contribution is -0.137. The second kappa shape index (κ2) is 6.16. The van der Waals surface area contributed by atoms with Crippen molar-refractivity contribution in [2.45, 2.75) is 50.6 Å². The van der Waals surface area contributed by atoms with E-state index in [1.807, 2.05) is 32.0 Å². The summed E-state index contributed by atoms with van der Waals surface area (Å²) in [7, 11) is 0. The number of carboxylic acids is 1. The molecule has 0 spiro atoms. The molecule has 0 saturated heterocycles. The highest BCUT2D eigenvalue weighted by Crippen LogP contribution is 2.40. The minimum absolute atomic E-state index is 0.0450. The Morgan fingerprint density at radius 1 is 1.29 bits per heavy atom. The Labute approximate surface area is 124 Å². The fourth-order valence-corrected chi connectivity index (χ4v) is 2.42. The van der Waals surface area contributed by atoms with Gasteiger partial charge in [0.25, 0.3) is 0 Å². The van der Waals surface area contributed by atoms with Gasteiger partial charge >= 0.3 is 12.0 Å². The summed E-state index contributed by atoms with van der Waals surface area (Å²) in [6.07, 6.45) is 1.40. The zero-order valence-electron chi connectivity index (χ0n) is 12.4. The van der Waals surface area contributed by atoms with Crippen LogP contribution in [0.15, 0.2) is 30.3 Å². The molecule has 0 radical (unpaired) electrons.